The van der Waals surface area contributed by atoms with Crippen LogP contribution < -0.4 is 10.2 Å². The van der Waals surface area contributed by atoms with E-state index < -0.39 is 5.54 Å². The number of hydrogen-bond donors (Lipinski definition) is 1. The zero-order valence-electron chi connectivity index (χ0n) is 11.9. The Morgan fingerprint density at radius 3 is 2.63 bits per heavy atom. The number of para-hydroxylation sites is 1. The maximum Gasteiger partial charge on any atom is 0.146 e. The van der Waals surface area contributed by atoms with Crippen LogP contribution in [0.1, 0.15) is 26.7 Å². The fourth-order valence-corrected chi connectivity index (χ4v) is 2.02. The number of anilines is 1. The number of halogens is 1. The number of nitriles is 1. The van der Waals surface area contributed by atoms with Crippen LogP contribution in [0.5, 0.6) is 0 Å². The van der Waals surface area contributed by atoms with Crippen LogP contribution in [0.4, 0.5) is 10.1 Å². The average molecular weight is 263 g/mol. The number of benzene rings is 1. The lowest BCUT2D eigenvalue weighted by atomic mass is 9.98. The highest BCUT2D eigenvalue weighted by Crippen LogP contribution is 2.20. The number of hydrogen-bond acceptors (Lipinski definition) is 3. The first-order valence-corrected chi connectivity index (χ1v) is 6.66. The molecule has 0 saturated carbocycles. The van der Waals surface area contributed by atoms with Gasteiger partial charge in [-0.25, -0.2) is 4.39 Å². The summed E-state index contributed by atoms with van der Waals surface area (Å²) >= 11 is 0. The molecule has 0 saturated heterocycles. The molecule has 104 valence electrons. The Hall–Kier alpha value is -1.60. The fraction of sp³-hybridized carbons (Fsp3) is 0.533. The standard InChI is InChI=1S/C15H22FN3/c1-4-19(14-9-6-5-8-13(14)16)11-7-10-15(2,12-17)18-3/h5-6,8-9,18H,4,7,10-11H2,1-3H3. The van der Waals surface area contributed by atoms with Crippen molar-refractivity contribution < 1.29 is 4.39 Å². The summed E-state index contributed by atoms with van der Waals surface area (Å²) in [5.74, 6) is -0.194. The first kappa shape index (κ1) is 15.5. The first-order valence-electron chi connectivity index (χ1n) is 6.66. The molecule has 0 amide bonds. The zero-order valence-corrected chi connectivity index (χ0v) is 11.9. The Bertz CT molecular complexity index is 441. The SMILES string of the molecule is CCN(CCCC(C)(C#N)NC)c1ccccc1F. The molecule has 0 aromatic heterocycles. The van der Waals surface area contributed by atoms with E-state index >= 15 is 0 Å². The van der Waals surface area contributed by atoms with Crippen molar-refractivity contribution in [3.63, 3.8) is 0 Å². The summed E-state index contributed by atoms with van der Waals surface area (Å²) in [6, 6.07) is 9.07. The predicted molar refractivity (Wildman–Crippen MR) is 76.6 cm³/mol. The van der Waals surface area contributed by atoms with E-state index in [1.165, 1.54) is 6.07 Å². The molecule has 1 atom stereocenters. The van der Waals surface area contributed by atoms with Gasteiger partial charge in [0, 0.05) is 13.1 Å². The third-order valence-corrected chi connectivity index (χ3v) is 3.48. The first-order chi connectivity index (χ1) is 9.06. The van der Waals surface area contributed by atoms with Gasteiger partial charge in [-0.1, -0.05) is 12.1 Å². The zero-order chi connectivity index (χ0) is 14.3. The quantitative estimate of drug-likeness (QED) is 0.822. The third kappa shape index (κ3) is 4.22. The monoisotopic (exact) mass is 263 g/mol. The van der Waals surface area contributed by atoms with E-state index in [1.807, 2.05) is 24.8 Å². The highest BCUT2D eigenvalue weighted by molar-refractivity contribution is 5.47. The molecule has 1 aromatic carbocycles. The van der Waals surface area contributed by atoms with Crippen LogP contribution in [-0.2, 0) is 0 Å². The van der Waals surface area contributed by atoms with Crippen molar-refractivity contribution in [1.82, 2.24) is 5.32 Å². The van der Waals surface area contributed by atoms with Crippen molar-refractivity contribution >= 4 is 5.69 Å². The lowest BCUT2D eigenvalue weighted by molar-refractivity contribution is 0.440. The molecule has 0 spiro atoms. The Morgan fingerprint density at radius 1 is 1.42 bits per heavy atom. The Morgan fingerprint density at radius 2 is 2.11 bits per heavy atom. The minimum Gasteiger partial charge on any atom is -0.369 e. The van der Waals surface area contributed by atoms with Crippen LogP contribution in [0.15, 0.2) is 24.3 Å². The molecule has 3 nitrogen and oxygen atoms in total. The van der Waals surface area contributed by atoms with Crippen LogP contribution in [0, 0.1) is 17.1 Å². The summed E-state index contributed by atoms with van der Waals surface area (Å²) in [4.78, 5) is 2.00. The second kappa shape index (κ2) is 7.10. The van der Waals surface area contributed by atoms with Crippen LogP contribution in [0.25, 0.3) is 0 Å². The summed E-state index contributed by atoms with van der Waals surface area (Å²) in [7, 11) is 1.79. The highest BCUT2D eigenvalue weighted by Gasteiger charge is 2.20. The van der Waals surface area contributed by atoms with Gasteiger partial charge in [0.05, 0.1) is 11.8 Å². The van der Waals surface area contributed by atoms with Gasteiger partial charge in [0.15, 0.2) is 0 Å². The molecule has 1 unspecified atom stereocenters. The maximum atomic E-state index is 13.7. The summed E-state index contributed by atoms with van der Waals surface area (Å²) in [6.45, 7) is 5.39. The van der Waals surface area contributed by atoms with E-state index in [9.17, 15) is 4.39 Å². The molecule has 0 aliphatic rings. The van der Waals surface area contributed by atoms with Gasteiger partial charge in [-0.3, -0.25) is 0 Å². The molecule has 0 aliphatic heterocycles. The van der Waals surface area contributed by atoms with Crippen molar-refractivity contribution in [1.29, 1.82) is 5.26 Å². The van der Waals surface area contributed by atoms with Gasteiger partial charge in [0.25, 0.3) is 0 Å². The van der Waals surface area contributed by atoms with Crippen molar-refractivity contribution in [2.24, 2.45) is 0 Å². The van der Waals surface area contributed by atoms with E-state index in [0.29, 0.717) is 5.69 Å². The van der Waals surface area contributed by atoms with Crippen LogP contribution >= 0.6 is 0 Å². The average Bonchev–Trinajstić information content (AvgIpc) is 2.44. The molecule has 1 rings (SSSR count). The molecule has 0 fully saturated rings. The van der Waals surface area contributed by atoms with Gasteiger partial charge < -0.3 is 10.2 Å². The minimum atomic E-state index is -0.505. The van der Waals surface area contributed by atoms with E-state index in [4.69, 9.17) is 5.26 Å². The van der Waals surface area contributed by atoms with Gasteiger partial charge in [-0.2, -0.15) is 5.26 Å². The molecule has 1 aromatic rings. The predicted octanol–water partition coefficient (Wildman–Crippen LogP) is 2.93. The largest absolute Gasteiger partial charge is 0.369 e. The summed E-state index contributed by atoms with van der Waals surface area (Å²) < 4.78 is 13.7. The van der Waals surface area contributed by atoms with Crippen LogP contribution in [0.2, 0.25) is 0 Å². The summed E-state index contributed by atoms with van der Waals surface area (Å²) in [6.07, 6.45) is 1.58. The van der Waals surface area contributed by atoms with Gasteiger partial charge in [0.1, 0.15) is 11.4 Å². The molecule has 0 bridgehead atoms. The number of nitrogens with one attached hydrogen (secondary N) is 1. The molecule has 0 heterocycles. The molecular weight excluding hydrogens is 241 g/mol. The molecule has 0 radical (unpaired) electrons. The van der Waals surface area contributed by atoms with Crippen LogP contribution in [0.3, 0.4) is 0 Å². The molecule has 1 N–H and O–H groups in total. The molecule has 4 heteroatoms. The highest BCUT2D eigenvalue weighted by atomic mass is 19.1. The number of nitrogens with zero attached hydrogens (tertiary/aromatic N) is 2. The van der Waals surface area contributed by atoms with E-state index in [-0.39, 0.29) is 5.82 Å². The number of rotatable bonds is 7. The molecular formula is C15H22FN3. The molecule has 0 aliphatic carbocycles. The third-order valence-electron chi connectivity index (χ3n) is 3.48. The Kier molecular flexibility index (Phi) is 5.78. The summed E-state index contributed by atoms with van der Waals surface area (Å²) in [5.41, 5.74) is 0.127. The second-order valence-corrected chi connectivity index (χ2v) is 4.83. The van der Waals surface area contributed by atoms with E-state index in [2.05, 4.69) is 11.4 Å². The second-order valence-electron chi connectivity index (χ2n) is 4.83. The molecule has 19 heavy (non-hydrogen) atoms. The van der Waals surface area contributed by atoms with Crippen molar-refractivity contribution in [3.8, 4) is 6.07 Å². The van der Waals surface area contributed by atoms with Gasteiger partial charge in [-0.15, -0.1) is 0 Å². The lowest BCUT2D eigenvalue weighted by Crippen LogP contribution is -2.39. The normalized spacial score (nSPS) is 13.6. The minimum absolute atomic E-state index is 0.194. The van der Waals surface area contributed by atoms with Crippen molar-refractivity contribution in [2.75, 3.05) is 25.0 Å². The van der Waals surface area contributed by atoms with Crippen molar-refractivity contribution in [3.05, 3.63) is 30.1 Å². The summed E-state index contributed by atoms with van der Waals surface area (Å²) in [5, 5.41) is 12.1. The topological polar surface area (TPSA) is 39.1 Å². The Balaban J connectivity index is 2.60. The van der Waals surface area contributed by atoms with Crippen LogP contribution in [-0.4, -0.2) is 25.7 Å². The lowest BCUT2D eigenvalue weighted by Gasteiger charge is -2.26. The Labute approximate surface area is 115 Å². The van der Waals surface area contributed by atoms with Gasteiger partial charge >= 0.3 is 0 Å². The van der Waals surface area contributed by atoms with Gasteiger partial charge in [0.2, 0.25) is 0 Å². The van der Waals surface area contributed by atoms with E-state index in [0.717, 1.165) is 25.9 Å². The fourth-order valence-electron chi connectivity index (χ4n) is 2.02. The van der Waals surface area contributed by atoms with Gasteiger partial charge in [-0.05, 0) is 45.9 Å². The van der Waals surface area contributed by atoms with Crippen molar-refractivity contribution in [2.45, 2.75) is 32.2 Å². The smallest absolute Gasteiger partial charge is 0.146 e. The maximum absolute atomic E-state index is 13.7. The van der Waals surface area contributed by atoms with E-state index in [1.54, 1.807) is 19.2 Å².